The zero-order valence-corrected chi connectivity index (χ0v) is 31.7. The van der Waals surface area contributed by atoms with E-state index in [2.05, 4.69) is 121 Å². The Labute approximate surface area is 336 Å². The van der Waals surface area contributed by atoms with Crippen LogP contribution in [0.4, 0.5) is 0 Å². The summed E-state index contributed by atoms with van der Waals surface area (Å²) in [5, 5.41) is 8.12. The van der Waals surface area contributed by atoms with Crippen molar-refractivity contribution >= 4 is 75.1 Å². The minimum absolute atomic E-state index is 0.602. The molecule has 0 aliphatic carbocycles. The van der Waals surface area contributed by atoms with E-state index in [0.29, 0.717) is 17.5 Å². The number of hydrogen-bond acceptors (Lipinski definition) is 6. The monoisotopic (exact) mass is 758 g/mol. The maximum absolute atomic E-state index is 6.24. The van der Waals surface area contributed by atoms with Gasteiger partial charge in [-0.3, -0.25) is 0 Å². The third-order valence-electron chi connectivity index (χ3n) is 11.1. The Morgan fingerprint density at radius 2 is 0.948 bits per heavy atom. The number of aromatic nitrogens is 4. The van der Waals surface area contributed by atoms with Crippen LogP contribution in [-0.2, 0) is 0 Å². The van der Waals surface area contributed by atoms with Gasteiger partial charge in [-0.1, -0.05) is 158 Å². The number of nitrogens with zero attached hydrogens (tertiary/aromatic N) is 4. The van der Waals surface area contributed by atoms with Crippen LogP contribution in [0, 0.1) is 0 Å². The quantitative estimate of drug-likeness (QED) is 0.164. The third-order valence-corrected chi connectivity index (χ3v) is 12.3. The fourth-order valence-electron chi connectivity index (χ4n) is 8.48. The molecule has 12 rings (SSSR count). The highest BCUT2D eigenvalue weighted by atomic mass is 32.1. The molecule has 8 aromatic carbocycles. The smallest absolute Gasteiger partial charge is 0.164 e. The Hall–Kier alpha value is -7.54. The molecule has 0 aliphatic heterocycles. The number of para-hydroxylation sites is 2. The highest BCUT2D eigenvalue weighted by Crippen LogP contribution is 2.46. The number of fused-ring (bicyclic) bond motifs is 10. The van der Waals surface area contributed by atoms with Gasteiger partial charge in [0.25, 0.3) is 0 Å². The van der Waals surface area contributed by atoms with Gasteiger partial charge in [0.15, 0.2) is 17.5 Å². The summed E-state index contributed by atoms with van der Waals surface area (Å²) in [5.41, 5.74) is 9.83. The molecule has 12 aromatic rings. The van der Waals surface area contributed by atoms with Crippen molar-refractivity contribution in [3.05, 3.63) is 182 Å². The van der Waals surface area contributed by atoms with Crippen molar-refractivity contribution in [2.45, 2.75) is 0 Å². The Kier molecular flexibility index (Phi) is 7.33. The van der Waals surface area contributed by atoms with Crippen molar-refractivity contribution in [3.8, 4) is 56.5 Å². The lowest BCUT2D eigenvalue weighted by atomic mass is 9.95. The van der Waals surface area contributed by atoms with Crippen LogP contribution in [-0.4, -0.2) is 19.9 Å². The van der Waals surface area contributed by atoms with E-state index in [-0.39, 0.29) is 0 Å². The molecule has 0 saturated heterocycles. The average molecular weight is 759 g/mol. The van der Waals surface area contributed by atoms with Crippen LogP contribution in [0.25, 0.3) is 120 Å². The molecule has 270 valence electrons. The second kappa shape index (κ2) is 13.0. The number of rotatable bonds is 5. The summed E-state index contributed by atoms with van der Waals surface area (Å²) in [6.07, 6.45) is 0. The molecule has 0 bridgehead atoms. The van der Waals surface area contributed by atoms with Gasteiger partial charge in [0, 0.05) is 69.4 Å². The van der Waals surface area contributed by atoms with Gasteiger partial charge in [-0.25, -0.2) is 19.9 Å². The van der Waals surface area contributed by atoms with E-state index in [1.807, 2.05) is 72.0 Å². The van der Waals surface area contributed by atoms with Crippen LogP contribution in [0.2, 0.25) is 0 Å². The van der Waals surface area contributed by atoms with Crippen LogP contribution in [0.15, 0.2) is 186 Å². The van der Waals surface area contributed by atoms with Crippen LogP contribution < -0.4 is 0 Å². The Balaban J connectivity index is 1.01. The minimum Gasteiger partial charge on any atom is -0.456 e. The first-order valence-electron chi connectivity index (χ1n) is 19.3. The summed E-state index contributed by atoms with van der Waals surface area (Å²) in [4.78, 5) is 20.4. The lowest BCUT2D eigenvalue weighted by Crippen LogP contribution is -2.00. The molecule has 0 amide bonds. The average Bonchev–Trinajstić information content (AvgIpc) is 3.88. The molecule has 0 N–H and O–H groups in total. The molecule has 0 aliphatic rings. The first kappa shape index (κ1) is 32.7. The van der Waals surface area contributed by atoms with Gasteiger partial charge < -0.3 is 4.42 Å². The Morgan fingerprint density at radius 1 is 0.345 bits per heavy atom. The van der Waals surface area contributed by atoms with E-state index in [1.165, 1.54) is 41.9 Å². The summed E-state index contributed by atoms with van der Waals surface area (Å²) in [6, 6.07) is 63.2. The molecule has 0 saturated carbocycles. The molecule has 4 heterocycles. The summed E-state index contributed by atoms with van der Waals surface area (Å²) >= 11 is 1.86. The molecule has 0 unspecified atom stereocenters. The highest BCUT2D eigenvalue weighted by Gasteiger charge is 2.20. The summed E-state index contributed by atoms with van der Waals surface area (Å²) in [6.45, 7) is 0. The largest absolute Gasteiger partial charge is 0.456 e. The third kappa shape index (κ3) is 5.16. The number of hydrogen-bond donors (Lipinski definition) is 0. The molecular formula is C52H30N4OS. The van der Waals surface area contributed by atoms with Gasteiger partial charge in [0.05, 0.1) is 11.2 Å². The number of benzene rings is 8. The lowest BCUT2D eigenvalue weighted by Gasteiger charge is -2.11. The fraction of sp³-hybridized carbons (Fsp3) is 0. The molecule has 4 aromatic heterocycles. The zero-order chi connectivity index (χ0) is 38.2. The predicted octanol–water partition coefficient (Wildman–Crippen LogP) is 14.2. The van der Waals surface area contributed by atoms with Gasteiger partial charge in [-0.15, -0.1) is 11.3 Å². The first-order chi connectivity index (χ1) is 28.7. The molecule has 6 heteroatoms. The molecular weight excluding hydrogens is 729 g/mol. The van der Waals surface area contributed by atoms with Crippen molar-refractivity contribution in [1.29, 1.82) is 0 Å². The van der Waals surface area contributed by atoms with E-state index >= 15 is 0 Å². The first-order valence-corrected chi connectivity index (χ1v) is 20.1. The molecule has 0 fully saturated rings. The summed E-state index contributed by atoms with van der Waals surface area (Å²) in [7, 11) is 0. The van der Waals surface area contributed by atoms with Gasteiger partial charge >= 0.3 is 0 Å². The summed E-state index contributed by atoms with van der Waals surface area (Å²) < 4.78 is 8.77. The minimum atomic E-state index is 0.602. The second-order valence-electron chi connectivity index (χ2n) is 14.5. The van der Waals surface area contributed by atoms with Crippen LogP contribution >= 0.6 is 11.3 Å². The van der Waals surface area contributed by atoms with Crippen molar-refractivity contribution in [2.75, 3.05) is 0 Å². The summed E-state index contributed by atoms with van der Waals surface area (Å²) in [5.74, 6) is 1.83. The number of furan rings is 1. The molecule has 0 spiro atoms. The van der Waals surface area contributed by atoms with E-state index in [0.717, 1.165) is 61.0 Å². The molecule has 5 nitrogen and oxygen atoms in total. The normalized spacial score (nSPS) is 11.8. The Bertz CT molecular complexity index is 3560. The van der Waals surface area contributed by atoms with Gasteiger partial charge in [-0.2, -0.15) is 0 Å². The van der Waals surface area contributed by atoms with E-state index in [4.69, 9.17) is 24.4 Å². The predicted molar refractivity (Wildman–Crippen MR) is 240 cm³/mol. The van der Waals surface area contributed by atoms with Gasteiger partial charge in [0.2, 0.25) is 0 Å². The van der Waals surface area contributed by atoms with E-state index in [9.17, 15) is 0 Å². The van der Waals surface area contributed by atoms with Crippen molar-refractivity contribution in [1.82, 2.24) is 19.9 Å². The maximum Gasteiger partial charge on any atom is 0.164 e. The zero-order valence-electron chi connectivity index (χ0n) is 30.9. The fourth-order valence-corrected chi connectivity index (χ4v) is 9.77. The Morgan fingerprint density at radius 3 is 1.76 bits per heavy atom. The van der Waals surface area contributed by atoms with E-state index in [1.54, 1.807) is 0 Å². The maximum atomic E-state index is 6.24. The molecule has 0 radical (unpaired) electrons. The van der Waals surface area contributed by atoms with Crippen molar-refractivity contribution < 1.29 is 4.42 Å². The number of pyridine rings is 1. The van der Waals surface area contributed by atoms with Gasteiger partial charge in [0.1, 0.15) is 11.2 Å². The van der Waals surface area contributed by atoms with Crippen LogP contribution in [0.3, 0.4) is 0 Å². The SMILES string of the molecule is c1ccc(-c2nc(-c3ccc(-c4cccc5sc6c(ccc7c(-c8ccccc8)nc8ccccc8c76)c45)cc3)nc(-c3cccc4oc5ccccc5c34)n2)cc1. The number of thiophene rings is 1. The van der Waals surface area contributed by atoms with E-state index < -0.39 is 0 Å². The topological polar surface area (TPSA) is 64.7 Å². The highest BCUT2D eigenvalue weighted by molar-refractivity contribution is 7.27. The van der Waals surface area contributed by atoms with Crippen molar-refractivity contribution in [3.63, 3.8) is 0 Å². The molecule has 0 atom stereocenters. The molecule has 58 heavy (non-hydrogen) atoms. The van der Waals surface area contributed by atoms with Crippen molar-refractivity contribution in [2.24, 2.45) is 0 Å². The van der Waals surface area contributed by atoms with Crippen LogP contribution in [0.5, 0.6) is 0 Å². The van der Waals surface area contributed by atoms with Gasteiger partial charge in [-0.05, 0) is 35.4 Å². The second-order valence-corrected chi connectivity index (χ2v) is 15.6. The van der Waals surface area contributed by atoms with Crippen LogP contribution in [0.1, 0.15) is 0 Å². The lowest BCUT2D eigenvalue weighted by molar-refractivity contribution is 0.669. The standard InChI is InChI=1S/C52H30N4OS/c1-3-13-32(14-4-1)48-38-29-30-39-46-35(19-12-24-44(46)58-49(39)47(38)36-17-7-9-21-41(36)53-48)31-25-27-34(28-26-31)51-54-50(33-15-5-2-6-16-33)55-52(56-51)40-20-11-23-43-45(40)37-18-8-10-22-42(37)57-43/h1-30H.